The highest BCUT2D eigenvalue weighted by Gasteiger charge is 2.23. The van der Waals surface area contributed by atoms with Crippen LogP contribution in [0, 0.1) is 11.8 Å². The molecule has 1 aliphatic rings. The Balaban J connectivity index is 2.02. The van der Waals surface area contributed by atoms with Crippen LogP contribution in [0.4, 0.5) is 0 Å². The normalized spacial score (nSPS) is 23.0. The maximum absolute atomic E-state index is 12.3. The number of benzene rings is 1. The summed E-state index contributed by atoms with van der Waals surface area (Å²) in [6, 6.07) is 6.09. The Hall–Kier alpha value is -1.20. The quantitative estimate of drug-likeness (QED) is 0.850. The number of hydrogen-bond donors (Lipinski definition) is 1. The van der Waals surface area contributed by atoms with Gasteiger partial charge in [-0.2, -0.15) is 0 Å². The number of ketones is 1. The fraction of sp³-hybridized carbons (Fsp3) is 0.562. The molecule has 1 N–H and O–H groups in total. The lowest BCUT2D eigenvalue weighted by molar-refractivity contribution is 0.101. The molecule has 0 amide bonds. The van der Waals surface area contributed by atoms with E-state index in [0.717, 1.165) is 6.42 Å². The van der Waals surface area contributed by atoms with Crippen molar-refractivity contribution in [1.29, 1.82) is 0 Å². The summed E-state index contributed by atoms with van der Waals surface area (Å²) in [5.41, 5.74) is 0.523. The second-order valence-corrected chi connectivity index (χ2v) is 7.72. The summed E-state index contributed by atoms with van der Waals surface area (Å²) in [5.74, 6) is 0.925. The number of sulfonamides is 1. The fourth-order valence-corrected chi connectivity index (χ4v) is 3.96. The van der Waals surface area contributed by atoms with Crippen molar-refractivity contribution in [2.24, 2.45) is 11.8 Å². The van der Waals surface area contributed by atoms with Crippen molar-refractivity contribution in [3.8, 4) is 0 Å². The monoisotopic (exact) mass is 309 g/mol. The van der Waals surface area contributed by atoms with E-state index >= 15 is 0 Å². The first-order valence-electron chi connectivity index (χ1n) is 7.51. The van der Waals surface area contributed by atoms with Gasteiger partial charge in [0.1, 0.15) is 0 Å². The van der Waals surface area contributed by atoms with Crippen LogP contribution in [-0.4, -0.2) is 20.7 Å². The molecule has 1 aromatic rings. The molecule has 2 unspecified atom stereocenters. The molecular formula is C16H23NO3S. The minimum Gasteiger partial charge on any atom is -0.295 e. The molecule has 21 heavy (non-hydrogen) atoms. The van der Waals surface area contributed by atoms with Gasteiger partial charge in [-0.05, 0) is 37.3 Å². The number of carbonyl (C=O) groups is 1. The molecule has 1 fully saturated rings. The highest BCUT2D eigenvalue weighted by atomic mass is 32.2. The van der Waals surface area contributed by atoms with Crippen LogP contribution in [-0.2, 0) is 10.0 Å². The molecule has 0 aromatic heterocycles. The highest BCUT2D eigenvalue weighted by molar-refractivity contribution is 7.89. The van der Waals surface area contributed by atoms with E-state index in [4.69, 9.17) is 0 Å². The zero-order chi connectivity index (χ0) is 15.5. The SMILES string of the molecule is CC(=O)c1ccc(S(=O)(=O)NCC2CCCCC2C)cc1. The summed E-state index contributed by atoms with van der Waals surface area (Å²) in [5, 5.41) is 0. The molecule has 0 aliphatic heterocycles. The van der Waals surface area contributed by atoms with Crippen molar-refractivity contribution in [2.75, 3.05) is 6.54 Å². The van der Waals surface area contributed by atoms with Crippen LogP contribution < -0.4 is 4.72 Å². The summed E-state index contributed by atoms with van der Waals surface area (Å²) in [7, 11) is -3.49. The second-order valence-electron chi connectivity index (χ2n) is 5.95. The third kappa shape index (κ3) is 4.14. The van der Waals surface area contributed by atoms with Crippen LogP contribution in [0.2, 0.25) is 0 Å². The molecule has 4 nitrogen and oxygen atoms in total. The zero-order valence-corrected chi connectivity index (χ0v) is 13.4. The van der Waals surface area contributed by atoms with E-state index in [9.17, 15) is 13.2 Å². The smallest absolute Gasteiger partial charge is 0.240 e. The molecule has 1 aromatic carbocycles. The van der Waals surface area contributed by atoms with E-state index in [1.54, 1.807) is 12.1 Å². The van der Waals surface area contributed by atoms with Gasteiger partial charge in [0.25, 0.3) is 0 Å². The van der Waals surface area contributed by atoms with Crippen LogP contribution in [0.1, 0.15) is 49.9 Å². The predicted molar refractivity (Wildman–Crippen MR) is 82.8 cm³/mol. The number of hydrogen-bond acceptors (Lipinski definition) is 3. The van der Waals surface area contributed by atoms with E-state index in [2.05, 4.69) is 11.6 Å². The molecule has 0 saturated heterocycles. The lowest BCUT2D eigenvalue weighted by Gasteiger charge is -2.28. The molecule has 2 rings (SSSR count). The number of carbonyl (C=O) groups excluding carboxylic acids is 1. The maximum atomic E-state index is 12.3. The van der Waals surface area contributed by atoms with E-state index in [1.165, 1.54) is 38.3 Å². The largest absolute Gasteiger partial charge is 0.295 e. The zero-order valence-electron chi connectivity index (χ0n) is 12.6. The summed E-state index contributed by atoms with van der Waals surface area (Å²) >= 11 is 0. The standard InChI is InChI=1S/C16H23NO3S/c1-12-5-3-4-6-15(12)11-17-21(19,20)16-9-7-14(8-10-16)13(2)18/h7-10,12,15,17H,3-6,11H2,1-2H3. The fourth-order valence-electron chi connectivity index (χ4n) is 2.87. The Morgan fingerprint density at radius 2 is 1.81 bits per heavy atom. The first-order valence-corrected chi connectivity index (χ1v) is 8.99. The number of nitrogens with one attached hydrogen (secondary N) is 1. The average molecular weight is 309 g/mol. The van der Waals surface area contributed by atoms with Gasteiger partial charge in [0.15, 0.2) is 5.78 Å². The van der Waals surface area contributed by atoms with Gasteiger partial charge in [-0.3, -0.25) is 4.79 Å². The minimum atomic E-state index is -3.49. The van der Waals surface area contributed by atoms with Crippen molar-refractivity contribution in [1.82, 2.24) is 4.72 Å². The van der Waals surface area contributed by atoms with Gasteiger partial charge in [0, 0.05) is 12.1 Å². The highest BCUT2D eigenvalue weighted by Crippen LogP contribution is 2.29. The van der Waals surface area contributed by atoms with Crippen molar-refractivity contribution < 1.29 is 13.2 Å². The van der Waals surface area contributed by atoms with E-state index in [1.807, 2.05) is 0 Å². The number of Topliss-reactive ketones (excluding diaryl/α,β-unsaturated/α-hetero) is 1. The lowest BCUT2D eigenvalue weighted by Crippen LogP contribution is -2.33. The molecule has 1 aliphatic carbocycles. The van der Waals surface area contributed by atoms with Crippen LogP contribution in [0.25, 0.3) is 0 Å². The topological polar surface area (TPSA) is 63.2 Å². The van der Waals surface area contributed by atoms with E-state index < -0.39 is 10.0 Å². The molecule has 0 spiro atoms. The van der Waals surface area contributed by atoms with Gasteiger partial charge in [-0.15, -0.1) is 0 Å². The van der Waals surface area contributed by atoms with Crippen molar-refractivity contribution in [3.05, 3.63) is 29.8 Å². The van der Waals surface area contributed by atoms with Crippen molar-refractivity contribution >= 4 is 15.8 Å². The predicted octanol–water partition coefficient (Wildman–Crippen LogP) is 2.99. The Morgan fingerprint density at radius 3 is 2.38 bits per heavy atom. The third-order valence-corrected chi connectivity index (χ3v) is 5.84. The van der Waals surface area contributed by atoms with Gasteiger partial charge in [0.05, 0.1) is 4.90 Å². The van der Waals surface area contributed by atoms with Crippen molar-refractivity contribution in [3.63, 3.8) is 0 Å². The Bertz CT molecular complexity index is 592. The maximum Gasteiger partial charge on any atom is 0.240 e. The van der Waals surface area contributed by atoms with E-state index in [0.29, 0.717) is 23.9 Å². The van der Waals surface area contributed by atoms with Crippen molar-refractivity contribution in [2.45, 2.75) is 44.4 Å². The molecular weight excluding hydrogens is 286 g/mol. The summed E-state index contributed by atoms with van der Waals surface area (Å²) in [6.45, 7) is 4.16. The Kier molecular flexibility index (Phi) is 5.17. The summed E-state index contributed by atoms with van der Waals surface area (Å²) in [4.78, 5) is 11.4. The summed E-state index contributed by atoms with van der Waals surface area (Å²) < 4.78 is 27.2. The number of rotatable bonds is 5. The van der Waals surface area contributed by atoms with Gasteiger partial charge in [0.2, 0.25) is 10.0 Å². The lowest BCUT2D eigenvalue weighted by atomic mass is 9.81. The molecule has 2 atom stereocenters. The summed E-state index contributed by atoms with van der Waals surface area (Å²) in [6.07, 6.45) is 4.70. The van der Waals surface area contributed by atoms with Gasteiger partial charge in [-0.1, -0.05) is 38.3 Å². The first-order chi connectivity index (χ1) is 9.90. The van der Waals surface area contributed by atoms with Crippen LogP contribution in [0.15, 0.2) is 29.2 Å². The third-order valence-electron chi connectivity index (χ3n) is 4.40. The molecule has 0 bridgehead atoms. The average Bonchev–Trinajstić information content (AvgIpc) is 2.46. The molecule has 116 valence electrons. The van der Waals surface area contributed by atoms with Gasteiger partial charge >= 0.3 is 0 Å². The molecule has 5 heteroatoms. The molecule has 0 heterocycles. The minimum absolute atomic E-state index is 0.0667. The van der Waals surface area contributed by atoms with Crippen LogP contribution in [0.3, 0.4) is 0 Å². The van der Waals surface area contributed by atoms with Gasteiger partial charge in [-0.25, -0.2) is 13.1 Å². The molecule has 1 saturated carbocycles. The first kappa shape index (κ1) is 16.2. The molecule has 0 radical (unpaired) electrons. The van der Waals surface area contributed by atoms with Crippen LogP contribution >= 0.6 is 0 Å². The van der Waals surface area contributed by atoms with E-state index in [-0.39, 0.29) is 10.7 Å². The van der Waals surface area contributed by atoms with Gasteiger partial charge < -0.3 is 0 Å². The Labute approximate surface area is 127 Å². The second kappa shape index (κ2) is 6.71. The van der Waals surface area contributed by atoms with Crippen LogP contribution in [0.5, 0.6) is 0 Å². The Morgan fingerprint density at radius 1 is 1.19 bits per heavy atom.